The molecule has 1 amide bonds. The van der Waals surface area contributed by atoms with Gasteiger partial charge in [0.1, 0.15) is 11.1 Å². The predicted octanol–water partition coefficient (Wildman–Crippen LogP) is 4.33. The molecule has 0 saturated heterocycles. The van der Waals surface area contributed by atoms with Crippen molar-refractivity contribution in [3.05, 3.63) is 16.0 Å². The smallest absolute Gasteiger partial charge is 0.228 e. The molecule has 1 heterocycles. The Morgan fingerprint density at radius 2 is 1.48 bits per heavy atom. The Hall–Kier alpha value is -1.87. The van der Waals surface area contributed by atoms with E-state index in [2.05, 4.69) is 11.4 Å². The summed E-state index contributed by atoms with van der Waals surface area (Å²) in [4.78, 5) is 25.6. The van der Waals surface area contributed by atoms with E-state index in [4.69, 9.17) is 0 Å². The van der Waals surface area contributed by atoms with Gasteiger partial charge < -0.3 is 15.2 Å². The van der Waals surface area contributed by atoms with Crippen LogP contribution in [-0.4, -0.2) is 11.9 Å². The van der Waals surface area contributed by atoms with Gasteiger partial charge in [0.05, 0.1) is 5.56 Å². The van der Waals surface area contributed by atoms with Gasteiger partial charge in [-0.25, -0.2) is 0 Å². The van der Waals surface area contributed by atoms with Crippen LogP contribution in [0.3, 0.4) is 0 Å². The number of thiophene rings is 1. The van der Waals surface area contributed by atoms with Gasteiger partial charge in [0.15, 0.2) is 0 Å². The lowest BCUT2D eigenvalue weighted by molar-refractivity contribution is -0.313. The Balaban J connectivity index is 1.79. The molecule has 2 atom stereocenters. The Bertz CT molecular complexity index is 765. The number of hydrogen-bond donors (Lipinski definition) is 1. The zero-order valence-corrected chi connectivity index (χ0v) is 18.0. The molecule has 1 aromatic rings. The first-order valence-corrected chi connectivity index (χ1v) is 12.0. The summed E-state index contributed by atoms with van der Waals surface area (Å²) in [6.45, 7) is 0. The number of nitrogens with one attached hydrogen (secondary N) is 1. The first kappa shape index (κ1) is 21.8. The van der Waals surface area contributed by atoms with Crippen molar-refractivity contribution in [1.29, 1.82) is 5.26 Å². The lowest BCUT2D eigenvalue weighted by atomic mass is 9.79. The van der Waals surface area contributed by atoms with Crippen molar-refractivity contribution in [3.63, 3.8) is 0 Å². The summed E-state index contributed by atoms with van der Waals surface area (Å²) in [5, 5.41) is 24.8. The van der Waals surface area contributed by atoms with Crippen LogP contribution in [0.1, 0.15) is 93.1 Å². The summed E-state index contributed by atoms with van der Waals surface area (Å²) in [5.41, 5.74) is 1.70. The Kier molecular flexibility index (Phi) is 8.11. The lowest BCUT2D eigenvalue weighted by Crippen LogP contribution is -2.42. The molecule has 0 radical (unpaired) electrons. The highest BCUT2D eigenvalue weighted by molar-refractivity contribution is 7.16. The van der Waals surface area contributed by atoms with Crippen LogP contribution in [-0.2, 0) is 22.4 Å². The number of carboxylic acids is 1. The minimum Gasteiger partial charge on any atom is -0.550 e. The Morgan fingerprint density at radius 1 is 0.897 bits per heavy atom. The molecule has 3 rings (SSSR count). The Morgan fingerprint density at radius 3 is 2.10 bits per heavy atom. The second-order valence-corrected chi connectivity index (χ2v) is 9.56. The molecule has 0 unspecified atom stereocenters. The van der Waals surface area contributed by atoms with E-state index < -0.39 is 17.8 Å². The molecule has 0 bridgehead atoms. The maximum Gasteiger partial charge on any atom is 0.228 e. The number of carbonyl (C=O) groups excluding carboxylic acids is 2. The highest BCUT2D eigenvalue weighted by Crippen LogP contribution is 2.37. The van der Waals surface area contributed by atoms with E-state index >= 15 is 0 Å². The first-order chi connectivity index (χ1) is 14.1. The van der Waals surface area contributed by atoms with Crippen molar-refractivity contribution >= 4 is 28.2 Å². The molecule has 1 aromatic heterocycles. The van der Waals surface area contributed by atoms with E-state index in [1.807, 2.05) is 0 Å². The molecule has 1 N–H and O–H groups in total. The third-order valence-electron chi connectivity index (χ3n) is 6.43. The quantitative estimate of drug-likeness (QED) is 0.795. The molecule has 0 aromatic carbocycles. The lowest BCUT2D eigenvalue weighted by Gasteiger charge is -2.31. The standard InChI is InChI=1S/C23H32N2O3S/c24-15-19-16-11-7-5-3-1-2-4-6-8-14-20(16)29-22(19)25-21(26)17-12-9-10-13-18(17)23(27)28/h17-18H,1-14H2,(H,25,26)(H,27,28)/p-1/t17-,18-/m1/s1. The van der Waals surface area contributed by atoms with E-state index in [0.717, 1.165) is 44.1 Å². The molecule has 2 aliphatic rings. The monoisotopic (exact) mass is 415 g/mol. The average Bonchev–Trinajstić information content (AvgIpc) is 3.03. The molecular formula is C23H31N2O3S-. The van der Waals surface area contributed by atoms with Crippen molar-refractivity contribution in [2.45, 2.75) is 89.9 Å². The molecule has 29 heavy (non-hydrogen) atoms. The number of amides is 1. The van der Waals surface area contributed by atoms with Gasteiger partial charge in [-0.05, 0) is 44.1 Å². The van der Waals surface area contributed by atoms with Crippen LogP contribution >= 0.6 is 11.3 Å². The summed E-state index contributed by atoms with van der Waals surface area (Å²) in [6.07, 6.45) is 14.3. The summed E-state index contributed by atoms with van der Waals surface area (Å²) in [6, 6.07) is 2.33. The highest BCUT2D eigenvalue weighted by atomic mass is 32.1. The van der Waals surface area contributed by atoms with Gasteiger partial charge in [0, 0.05) is 22.7 Å². The minimum absolute atomic E-state index is 0.271. The largest absolute Gasteiger partial charge is 0.550 e. The molecule has 1 fully saturated rings. The number of carboxylic acid groups (broad SMARTS) is 1. The van der Waals surface area contributed by atoms with E-state index in [0.29, 0.717) is 23.4 Å². The molecule has 6 heteroatoms. The number of aliphatic carboxylic acids is 1. The predicted molar refractivity (Wildman–Crippen MR) is 112 cm³/mol. The fraction of sp³-hybridized carbons (Fsp3) is 0.696. The molecule has 158 valence electrons. The number of rotatable bonds is 3. The van der Waals surface area contributed by atoms with Gasteiger partial charge in [-0.1, -0.05) is 51.4 Å². The van der Waals surface area contributed by atoms with E-state index in [1.165, 1.54) is 54.7 Å². The second-order valence-electron chi connectivity index (χ2n) is 8.45. The van der Waals surface area contributed by atoms with Crippen LogP contribution in [0, 0.1) is 23.2 Å². The van der Waals surface area contributed by atoms with Gasteiger partial charge >= 0.3 is 0 Å². The maximum absolute atomic E-state index is 12.9. The first-order valence-electron chi connectivity index (χ1n) is 11.2. The van der Waals surface area contributed by atoms with Gasteiger partial charge in [-0.3, -0.25) is 4.79 Å². The van der Waals surface area contributed by atoms with E-state index in [9.17, 15) is 20.0 Å². The fourth-order valence-electron chi connectivity index (χ4n) is 4.76. The van der Waals surface area contributed by atoms with Crippen LogP contribution in [0.5, 0.6) is 0 Å². The highest BCUT2D eigenvalue weighted by Gasteiger charge is 2.32. The molecule has 0 aliphatic heterocycles. The van der Waals surface area contributed by atoms with Crippen LogP contribution in [0.15, 0.2) is 0 Å². The number of hydrogen-bond acceptors (Lipinski definition) is 5. The SMILES string of the molecule is N#Cc1c(NC(=O)[C@@H]2CCCC[C@H]2C(=O)[O-])sc2c1CCCCCCCCCC2. The second kappa shape index (κ2) is 10.8. The number of aryl methyl sites for hydroxylation is 1. The van der Waals surface area contributed by atoms with E-state index in [-0.39, 0.29) is 5.91 Å². The van der Waals surface area contributed by atoms with Crippen LogP contribution < -0.4 is 10.4 Å². The van der Waals surface area contributed by atoms with Gasteiger partial charge in [-0.15, -0.1) is 11.3 Å². The zero-order chi connectivity index (χ0) is 20.6. The van der Waals surface area contributed by atoms with Gasteiger partial charge in [0.2, 0.25) is 5.91 Å². The topological polar surface area (TPSA) is 93.0 Å². The number of nitriles is 1. The van der Waals surface area contributed by atoms with Crippen LogP contribution in [0.2, 0.25) is 0 Å². The maximum atomic E-state index is 12.9. The third kappa shape index (κ3) is 5.60. The molecule has 2 aliphatic carbocycles. The average molecular weight is 416 g/mol. The summed E-state index contributed by atoms with van der Waals surface area (Å²) in [5.74, 6) is -2.70. The minimum atomic E-state index is -1.14. The molecule has 1 saturated carbocycles. The summed E-state index contributed by atoms with van der Waals surface area (Å²) >= 11 is 1.52. The summed E-state index contributed by atoms with van der Waals surface area (Å²) < 4.78 is 0. The fourth-order valence-corrected chi connectivity index (χ4v) is 6.01. The number of carbonyl (C=O) groups is 2. The number of fused-ring (bicyclic) bond motifs is 1. The molecule has 5 nitrogen and oxygen atoms in total. The van der Waals surface area contributed by atoms with E-state index in [1.54, 1.807) is 0 Å². The number of anilines is 1. The van der Waals surface area contributed by atoms with Crippen LogP contribution in [0.25, 0.3) is 0 Å². The van der Waals surface area contributed by atoms with Crippen molar-refractivity contribution in [1.82, 2.24) is 0 Å². The zero-order valence-electron chi connectivity index (χ0n) is 17.1. The normalized spacial score (nSPS) is 23.7. The van der Waals surface area contributed by atoms with Crippen molar-refractivity contribution in [2.24, 2.45) is 11.8 Å². The van der Waals surface area contributed by atoms with Gasteiger partial charge in [0.25, 0.3) is 0 Å². The van der Waals surface area contributed by atoms with Gasteiger partial charge in [-0.2, -0.15) is 5.26 Å². The Labute approximate surface area is 177 Å². The van der Waals surface area contributed by atoms with Crippen molar-refractivity contribution in [3.8, 4) is 6.07 Å². The summed E-state index contributed by atoms with van der Waals surface area (Å²) in [7, 11) is 0. The number of nitrogens with zero attached hydrogens (tertiary/aromatic N) is 1. The molecule has 0 spiro atoms. The van der Waals surface area contributed by atoms with Crippen LogP contribution in [0.4, 0.5) is 5.00 Å². The molecular weight excluding hydrogens is 384 g/mol. The third-order valence-corrected chi connectivity index (χ3v) is 7.63. The van der Waals surface area contributed by atoms with Crippen molar-refractivity contribution < 1.29 is 14.7 Å². The van der Waals surface area contributed by atoms with Crippen molar-refractivity contribution in [2.75, 3.05) is 5.32 Å².